The number of benzene rings is 1. The minimum atomic E-state index is -0.168. The molecule has 22 heavy (non-hydrogen) atoms. The third kappa shape index (κ3) is 4.73. The fourth-order valence-electron chi connectivity index (χ4n) is 2.99. The third-order valence-corrected chi connectivity index (χ3v) is 4.64. The van der Waals surface area contributed by atoms with Crippen LogP contribution in [0, 0.1) is 5.92 Å². The first kappa shape index (κ1) is 15.3. The summed E-state index contributed by atoms with van der Waals surface area (Å²) in [7, 11) is 0. The predicted octanol–water partition coefficient (Wildman–Crippen LogP) is 3.18. The highest BCUT2D eigenvalue weighted by Gasteiger charge is 2.25. The molecule has 0 aromatic heterocycles. The van der Waals surface area contributed by atoms with Gasteiger partial charge >= 0.3 is 6.09 Å². The number of ether oxygens (including phenoxy) is 1. The highest BCUT2D eigenvalue weighted by atomic mass is 16.6. The van der Waals surface area contributed by atoms with Crippen LogP contribution in [0.15, 0.2) is 30.3 Å². The first-order chi connectivity index (χ1) is 10.8. The van der Waals surface area contributed by atoms with Gasteiger partial charge in [-0.2, -0.15) is 0 Å². The van der Waals surface area contributed by atoms with Crippen molar-refractivity contribution in [3.05, 3.63) is 35.9 Å². The van der Waals surface area contributed by atoms with Gasteiger partial charge in [0.25, 0.3) is 0 Å². The van der Waals surface area contributed by atoms with Crippen LogP contribution in [-0.4, -0.2) is 36.7 Å². The van der Waals surface area contributed by atoms with Gasteiger partial charge in [0.05, 0.1) is 0 Å². The van der Waals surface area contributed by atoms with E-state index in [1.807, 2.05) is 35.2 Å². The second-order valence-corrected chi connectivity index (χ2v) is 6.49. The number of amides is 1. The Bertz CT molecular complexity index is 465. The van der Waals surface area contributed by atoms with Crippen LogP contribution in [0.4, 0.5) is 4.79 Å². The van der Waals surface area contributed by atoms with E-state index >= 15 is 0 Å². The van der Waals surface area contributed by atoms with Crippen LogP contribution < -0.4 is 5.32 Å². The number of nitrogens with one attached hydrogen (secondary N) is 1. The SMILES string of the molecule is O=C(OCc1ccccc1)N1CCC(CCNC2CC2)CC1. The van der Waals surface area contributed by atoms with Crippen molar-refractivity contribution in [3.8, 4) is 0 Å². The van der Waals surface area contributed by atoms with Crippen LogP contribution in [-0.2, 0) is 11.3 Å². The lowest BCUT2D eigenvalue weighted by Crippen LogP contribution is -2.39. The van der Waals surface area contributed by atoms with Crippen LogP contribution in [0.25, 0.3) is 0 Å². The number of carbonyl (C=O) groups is 1. The summed E-state index contributed by atoms with van der Waals surface area (Å²) in [6.07, 6.45) is 5.99. The maximum atomic E-state index is 12.1. The number of nitrogens with zero attached hydrogens (tertiary/aromatic N) is 1. The molecule has 3 rings (SSSR count). The summed E-state index contributed by atoms with van der Waals surface area (Å²) in [5, 5.41) is 3.57. The average Bonchev–Trinajstić information content (AvgIpc) is 3.38. The van der Waals surface area contributed by atoms with Gasteiger partial charge in [0, 0.05) is 19.1 Å². The summed E-state index contributed by atoms with van der Waals surface area (Å²) in [5.41, 5.74) is 1.04. The Balaban J connectivity index is 1.32. The van der Waals surface area contributed by atoms with E-state index in [0.29, 0.717) is 6.61 Å². The third-order valence-electron chi connectivity index (χ3n) is 4.64. The van der Waals surface area contributed by atoms with Crippen molar-refractivity contribution in [1.29, 1.82) is 0 Å². The summed E-state index contributed by atoms with van der Waals surface area (Å²) in [6.45, 7) is 3.17. The molecule has 1 amide bonds. The summed E-state index contributed by atoms with van der Waals surface area (Å²) in [6, 6.07) is 10.6. The van der Waals surface area contributed by atoms with Crippen LogP contribution in [0.5, 0.6) is 0 Å². The number of rotatable bonds is 6. The number of hydrogen-bond acceptors (Lipinski definition) is 3. The molecule has 1 aromatic carbocycles. The highest BCUT2D eigenvalue weighted by Crippen LogP contribution is 2.22. The molecule has 1 saturated carbocycles. The van der Waals surface area contributed by atoms with Gasteiger partial charge in [-0.05, 0) is 50.1 Å². The summed E-state index contributed by atoms with van der Waals surface area (Å²) in [4.78, 5) is 13.9. The van der Waals surface area contributed by atoms with Gasteiger partial charge in [-0.25, -0.2) is 4.79 Å². The lowest BCUT2D eigenvalue weighted by molar-refractivity contribution is 0.0815. The number of piperidine rings is 1. The van der Waals surface area contributed by atoms with Crippen molar-refractivity contribution in [2.75, 3.05) is 19.6 Å². The van der Waals surface area contributed by atoms with E-state index in [9.17, 15) is 4.79 Å². The fraction of sp³-hybridized carbons (Fsp3) is 0.611. The molecule has 0 spiro atoms. The quantitative estimate of drug-likeness (QED) is 0.877. The summed E-state index contributed by atoms with van der Waals surface area (Å²) in [5.74, 6) is 0.754. The van der Waals surface area contributed by atoms with E-state index < -0.39 is 0 Å². The number of hydrogen-bond donors (Lipinski definition) is 1. The molecule has 0 bridgehead atoms. The summed E-state index contributed by atoms with van der Waals surface area (Å²) < 4.78 is 5.40. The smallest absolute Gasteiger partial charge is 0.410 e. The zero-order valence-corrected chi connectivity index (χ0v) is 13.2. The molecule has 1 N–H and O–H groups in total. The predicted molar refractivity (Wildman–Crippen MR) is 86.6 cm³/mol. The Morgan fingerprint density at radius 3 is 2.55 bits per heavy atom. The van der Waals surface area contributed by atoms with Crippen LogP contribution in [0.3, 0.4) is 0 Å². The maximum Gasteiger partial charge on any atom is 0.410 e. The number of carbonyl (C=O) groups excluding carboxylic acids is 1. The van der Waals surface area contributed by atoms with E-state index in [1.54, 1.807) is 0 Å². The Labute approximate surface area is 132 Å². The van der Waals surface area contributed by atoms with Crippen molar-refractivity contribution in [2.24, 2.45) is 5.92 Å². The molecule has 1 saturated heterocycles. The van der Waals surface area contributed by atoms with E-state index in [-0.39, 0.29) is 6.09 Å². The monoisotopic (exact) mass is 302 g/mol. The fourth-order valence-corrected chi connectivity index (χ4v) is 2.99. The molecule has 2 aliphatic rings. The molecule has 1 aliphatic carbocycles. The highest BCUT2D eigenvalue weighted by molar-refractivity contribution is 5.67. The van der Waals surface area contributed by atoms with E-state index in [4.69, 9.17) is 4.74 Å². The van der Waals surface area contributed by atoms with Crippen LogP contribution >= 0.6 is 0 Å². The molecule has 0 radical (unpaired) electrons. The lowest BCUT2D eigenvalue weighted by Gasteiger charge is -2.31. The van der Waals surface area contributed by atoms with Gasteiger partial charge in [-0.1, -0.05) is 30.3 Å². The number of likely N-dealkylation sites (tertiary alicyclic amines) is 1. The first-order valence-electron chi connectivity index (χ1n) is 8.50. The molecule has 0 unspecified atom stereocenters. The second kappa shape index (κ2) is 7.63. The molecule has 2 fully saturated rings. The molecule has 120 valence electrons. The normalized spacial score (nSPS) is 19.2. The average molecular weight is 302 g/mol. The van der Waals surface area contributed by atoms with Crippen molar-refractivity contribution < 1.29 is 9.53 Å². The summed E-state index contributed by atoms with van der Waals surface area (Å²) >= 11 is 0. The molecule has 1 aromatic rings. The van der Waals surface area contributed by atoms with E-state index in [0.717, 1.165) is 50.0 Å². The van der Waals surface area contributed by atoms with Gasteiger partial charge < -0.3 is 15.0 Å². The second-order valence-electron chi connectivity index (χ2n) is 6.49. The Morgan fingerprint density at radius 2 is 1.86 bits per heavy atom. The molecule has 1 heterocycles. The zero-order valence-electron chi connectivity index (χ0n) is 13.2. The van der Waals surface area contributed by atoms with Crippen molar-refractivity contribution in [3.63, 3.8) is 0 Å². The van der Waals surface area contributed by atoms with E-state index in [2.05, 4.69) is 5.32 Å². The molecular weight excluding hydrogens is 276 g/mol. The minimum Gasteiger partial charge on any atom is -0.445 e. The van der Waals surface area contributed by atoms with Gasteiger partial charge in [0.1, 0.15) is 6.61 Å². The molecular formula is C18H26N2O2. The Morgan fingerprint density at radius 1 is 1.14 bits per heavy atom. The van der Waals surface area contributed by atoms with Crippen LogP contribution in [0.1, 0.15) is 37.7 Å². The van der Waals surface area contributed by atoms with Gasteiger partial charge in [0.15, 0.2) is 0 Å². The van der Waals surface area contributed by atoms with Gasteiger partial charge in [-0.3, -0.25) is 0 Å². The molecule has 4 nitrogen and oxygen atoms in total. The Kier molecular flexibility index (Phi) is 5.33. The Hall–Kier alpha value is -1.55. The molecule has 0 atom stereocenters. The standard InChI is InChI=1S/C18H26N2O2/c21-18(22-14-16-4-2-1-3-5-16)20-12-9-15(10-13-20)8-11-19-17-6-7-17/h1-5,15,17,19H,6-14H2. The zero-order chi connectivity index (χ0) is 15.2. The minimum absolute atomic E-state index is 0.168. The van der Waals surface area contributed by atoms with E-state index in [1.165, 1.54) is 19.3 Å². The largest absolute Gasteiger partial charge is 0.445 e. The van der Waals surface area contributed by atoms with Gasteiger partial charge in [-0.15, -0.1) is 0 Å². The van der Waals surface area contributed by atoms with Crippen molar-refractivity contribution in [2.45, 2.75) is 44.8 Å². The molecule has 1 aliphatic heterocycles. The van der Waals surface area contributed by atoms with Crippen molar-refractivity contribution in [1.82, 2.24) is 10.2 Å². The topological polar surface area (TPSA) is 41.6 Å². The maximum absolute atomic E-state index is 12.1. The lowest BCUT2D eigenvalue weighted by atomic mass is 9.94. The van der Waals surface area contributed by atoms with Gasteiger partial charge in [0.2, 0.25) is 0 Å². The molecule has 4 heteroatoms. The first-order valence-corrected chi connectivity index (χ1v) is 8.50. The van der Waals surface area contributed by atoms with Crippen molar-refractivity contribution >= 4 is 6.09 Å². The van der Waals surface area contributed by atoms with Crippen LogP contribution in [0.2, 0.25) is 0 Å².